The molecule has 0 aliphatic carbocycles. The van der Waals surface area contributed by atoms with Gasteiger partial charge < -0.3 is 58.3 Å². The second-order valence-corrected chi connectivity index (χ2v) is 27.6. The van der Waals surface area contributed by atoms with Crippen molar-refractivity contribution in [2.45, 2.75) is 166 Å². The SMILES string of the molecule is CCOC(=O)N1CCC(N2CCC3(CC2)CN(C(C)=O)c2c(-c4ccccc4)cccc23)CC1.CCOC(=O)N1CCC(N2CCC3(CC2)CN(C(C)=O)c2c(CC)cccc23)CC1.CCOC(=O)N1CCC(N2CCC3(CC2)CN(C(C)=O)c2ccc(C#N)cc23)CC1. The first-order valence-corrected chi connectivity index (χ1v) is 35.2. The van der Waals surface area contributed by atoms with Crippen LogP contribution in [0.2, 0.25) is 0 Å². The summed E-state index contributed by atoms with van der Waals surface area (Å²) < 4.78 is 15.4. The Morgan fingerprint density at radius 1 is 0.447 bits per heavy atom. The van der Waals surface area contributed by atoms with Gasteiger partial charge in [0.2, 0.25) is 17.7 Å². The zero-order chi connectivity index (χ0) is 66.3. The second kappa shape index (κ2) is 29.6. The van der Waals surface area contributed by atoms with Gasteiger partial charge in [-0.15, -0.1) is 0 Å². The third kappa shape index (κ3) is 13.9. The summed E-state index contributed by atoms with van der Waals surface area (Å²) in [7, 11) is 0. The van der Waals surface area contributed by atoms with E-state index in [-0.39, 0.29) is 52.2 Å². The first-order chi connectivity index (χ1) is 45.5. The standard InChI is InChI=1S/C28H35N3O3.C24H35N3O3.C23H30N4O3/c1-3-34-27(33)30-16-12-23(13-17-30)29-18-14-28(15-19-29)20-31(21(2)32)26-24(10-7-11-25(26)28)22-8-5-4-6-9-22;1-4-19-7-6-8-21-22(19)27(18(3)28)17-24(21)11-15-25(16-12-24)20-9-13-26(14-10-20)23(29)30-5-2;1-3-30-22(29)26-10-6-19(7-11-26)25-12-8-23(9-13-25)16-27(17(2)28)21-5-4-18(15-24)14-20(21)23/h4-11,23H,3,12-20H2,1-2H3;6-8,20H,4-5,9-17H2,1-3H3;4-5,14,19H,3,6-13,16H2,1-2H3. The van der Waals surface area contributed by atoms with Crippen LogP contribution in [0.1, 0.15) is 153 Å². The van der Waals surface area contributed by atoms with Gasteiger partial charge in [0.25, 0.3) is 0 Å². The molecule has 0 N–H and O–H groups in total. The number of carbonyl (C=O) groups excluding carboxylic acids is 6. The molecule has 0 atom stereocenters. The Balaban J connectivity index is 0.000000144. The van der Waals surface area contributed by atoms with Gasteiger partial charge >= 0.3 is 18.3 Å². The van der Waals surface area contributed by atoms with E-state index < -0.39 is 0 Å². The van der Waals surface area contributed by atoms with E-state index in [1.165, 1.54) is 22.4 Å². The van der Waals surface area contributed by atoms with E-state index in [1.54, 1.807) is 26.8 Å². The molecule has 9 heterocycles. The average Bonchev–Trinajstić information content (AvgIpc) is 1.60. The van der Waals surface area contributed by atoms with Crippen LogP contribution in [-0.4, -0.2) is 202 Å². The van der Waals surface area contributed by atoms with Crippen LogP contribution in [-0.2, 0) is 51.3 Å². The van der Waals surface area contributed by atoms with E-state index >= 15 is 0 Å². The number of piperidine rings is 6. The molecule has 0 saturated carbocycles. The Morgan fingerprint density at radius 3 is 1.22 bits per heavy atom. The Bertz CT molecular complexity index is 3400. The Hall–Kier alpha value is -7.53. The zero-order valence-electron chi connectivity index (χ0n) is 56.9. The highest BCUT2D eigenvalue weighted by molar-refractivity contribution is 6.00. The molecule has 0 radical (unpaired) electrons. The van der Waals surface area contributed by atoms with Crippen molar-refractivity contribution in [3.8, 4) is 17.2 Å². The third-order valence-corrected chi connectivity index (χ3v) is 22.6. The van der Waals surface area contributed by atoms with Crippen molar-refractivity contribution in [2.24, 2.45) is 0 Å². The lowest BCUT2D eigenvalue weighted by Gasteiger charge is -2.45. The predicted molar refractivity (Wildman–Crippen MR) is 365 cm³/mol. The average molecular weight is 1290 g/mol. The smallest absolute Gasteiger partial charge is 0.409 e. The Morgan fingerprint density at radius 2 is 0.830 bits per heavy atom. The number of para-hydroxylation sites is 2. The molecule has 4 aromatic rings. The summed E-state index contributed by atoms with van der Waals surface area (Å²) in [5, 5.41) is 9.36. The van der Waals surface area contributed by atoms with Gasteiger partial charge in [0.05, 0.1) is 42.8 Å². The maximum atomic E-state index is 12.7. The summed E-state index contributed by atoms with van der Waals surface area (Å²) in [5.41, 5.74) is 11.5. The quantitative estimate of drug-likeness (QED) is 0.152. The van der Waals surface area contributed by atoms with E-state index in [0.29, 0.717) is 50.1 Å². The predicted octanol–water partition coefficient (Wildman–Crippen LogP) is 11.1. The Kier molecular flexibility index (Phi) is 21.4. The topological polar surface area (TPSA) is 183 Å². The molecule has 4 aromatic carbocycles. The molecule has 94 heavy (non-hydrogen) atoms. The van der Waals surface area contributed by atoms with Gasteiger partial charge in [0.1, 0.15) is 0 Å². The van der Waals surface area contributed by atoms with Gasteiger partial charge in [-0.05, 0) is 190 Å². The van der Waals surface area contributed by atoms with Gasteiger partial charge in [0.15, 0.2) is 0 Å². The van der Waals surface area contributed by atoms with Crippen LogP contribution >= 0.6 is 0 Å². The number of aryl methyl sites for hydroxylation is 1. The summed E-state index contributed by atoms with van der Waals surface area (Å²) in [4.78, 5) is 92.6. The maximum Gasteiger partial charge on any atom is 0.409 e. The first-order valence-electron chi connectivity index (χ1n) is 35.2. The summed E-state index contributed by atoms with van der Waals surface area (Å²) in [6, 6.07) is 33.1. The number of ether oxygens (including phenoxy) is 3. The molecule has 9 aliphatic rings. The molecular weight excluding hydrogens is 1180 g/mol. The number of fused-ring (bicyclic) bond motifs is 6. The van der Waals surface area contributed by atoms with Crippen molar-refractivity contribution in [2.75, 3.05) is 133 Å². The third-order valence-electron chi connectivity index (χ3n) is 22.6. The molecule has 0 bridgehead atoms. The fraction of sp³-hybridized carbons (Fsp3) is 0.587. The fourth-order valence-electron chi connectivity index (χ4n) is 17.3. The zero-order valence-corrected chi connectivity index (χ0v) is 56.9. The van der Waals surface area contributed by atoms with Crippen LogP contribution < -0.4 is 14.7 Å². The van der Waals surface area contributed by atoms with Crippen molar-refractivity contribution < 1.29 is 43.0 Å². The monoisotopic (exact) mass is 1280 g/mol. The lowest BCUT2D eigenvalue weighted by Crippen LogP contribution is -2.52. The number of hydrogen-bond donors (Lipinski definition) is 0. The van der Waals surface area contributed by atoms with Crippen LogP contribution in [0.3, 0.4) is 0 Å². The van der Waals surface area contributed by atoms with Gasteiger partial charge in [-0.25, -0.2) is 14.4 Å². The second-order valence-electron chi connectivity index (χ2n) is 27.6. The van der Waals surface area contributed by atoms with Crippen molar-refractivity contribution in [1.82, 2.24) is 29.4 Å². The molecule has 19 heteroatoms. The van der Waals surface area contributed by atoms with Crippen LogP contribution in [0.15, 0.2) is 84.9 Å². The lowest BCUT2D eigenvalue weighted by atomic mass is 9.73. The van der Waals surface area contributed by atoms with E-state index in [9.17, 15) is 34.0 Å². The maximum absolute atomic E-state index is 12.7. The highest BCUT2D eigenvalue weighted by atomic mass is 16.6. The molecule has 0 unspecified atom stereocenters. The number of carbonyl (C=O) groups is 6. The van der Waals surface area contributed by atoms with Gasteiger partial charge in [0, 0.05) is 125 Å². The molecule has 6 amide bonds. The minimum absolute atomic E-state index is 0.0218. The number of hydrogen-bond acceptors (Lipinski definition) is 13. The number of nitrogens with zero attached hydrogens (tertiary/aromatic N) is 10. The van der Waals surface area contributed by atoms with Crippen molar-refractivity contribution in [3.05, 3.63) is 113 Å². The van der Waals surface area contributed by atoms with E-state index in [2.05, 4.69) is 88.4 Å². The fourth-order valence-corrected chi connectivity index (χ4v) is 17.3. The molecule has 19 nitrogen and oxygen atoms in total. The van der Waals surface area contributed by atoms with E-state index in [4.69, 9.17) is 14.2 Å². The molecule has 504 valence electrons. The van der Waals surface area contributed by atoms with Crippen molar-refractivity contribution in [1.29, 1.82) is 5.26 Å². The molecule has 0 aromatic heterocycles. The minimum Gasteiger partial charge on any atom is -0.450 e. The number of benzene rings is 4. The number of nitriles is 1. The van der Waals surface area contributed by atoms with Gasteiger partial charge in [-0.3, -0.25) is 14.4 Å². The summed E-state index contributed by atoms with van der Waals surface area (Å²) >= 11 is 0. The summed E-state index contributed by atoms with van der Waals surface area (Å²) in [5.74, 6) is 0.338. The highest BCUT2D eigenvalue weighted by Crippen LogP contribution is 2.53. The summed E-state index contributed by atoms with van der Waals surface area (Å²) in [6.07, 6.45) is 12.6. The van der Waals surface area contributed by atoms with E-state index in [1.807, 2.05) is 68.4 Å². The van der Waals surface area contributed by atoms with Gasteiger partial charge in [-0.1, -0.05) is 73.7 Å². The normalized spacial score (nSPS) is 21.1. The molecular formula is C75H100N10O9. The summed E-state index contributed by atoms with van der Waals surface area (Å²) in [6.45, 7) is 27.1. The van der Waals surface area contributed by atoms with E-state index in [0.717, 1.165) is 203 Å². The molecule has 3 spiro atoms. The minimum atomic E-state index is -0.200. The first kappa shape index (κ1) is 67.9. The number of amides is 6. The molecule has 13 rings (SSSR count). The van der Waals surface area contributed by atoms with Crippen molar-refractivity contribution in [3.63, 3.8) is 0 Å². The number of anilines is 3. The van der Waals surface area contributed by atoms with Crippen LogP contribution in [0.5, 0.6) is 0 Å². The highest BCUT2D eigenvalue weighted by Gasteiger charge is 2.51. The number of likely N-dealkylation sites (tertiary alicyclic amines) is 6. The van der Waals surface area contributed by atoms with Crippen molar-refractivity contribution >= 4 is 53.1 Å². The largest absolute Gasteiger partial charge is 0.450 e. The molecule has 9 aliphatic heterocycles. The lowest BCUT2D eigenvalue weighted by molar-refractivity contribution is -0.117. The van der Waals surface area contributed by atoms with Crippen LogP contribution in [0, 0.1) is 11.3 Å². The molecule has 6 saturated heterocycles. The molecule has 6 fully saturated rings. The van der Waals surface area contributed by atoms with Gasteiger partial charge in [-0.2, -0.15) is 5.26 Å². The van der Waals surface area contributed by atoms with Crippen LogP contribution in [0.25, 0.3) is 11.1 Å². The van der Waals surface area contributed by atoms with Crippen LogP contribution in [0.4, 0.5) is 31.4 Å². The number of rotatable bonds is 8. The Labute approximate surface area is 557 Å².